The third kappa shape index (κ3) is 4.13. The minimum Gasteiger partial charge on any atom is -0.462 e. The Hall–Kier alpha value is -3.17. The Kier molecular flexibility index (Phi) is 6.29. The molecule has 0 radical (unpaired) electrons. The van der Waals surface area contributed by atoms with E-state index in [1.165, 1.54) is 11.3 Å². The van der Waals surface area contributed by atoms with Gasteiger partial charge in [-0.1, -0.05) is 12.1 Å². The van der Waals surface area contributed by atoms with Gasteiger partial charge in [-0.15, -0.1) is 11.3 Å². The molecule has 3 heterocycles. The van der Waals surface area contributed by atoms with Crippen molar-refractivity contribution in [2.75, 3.05) is 37.4 Å². The van der Waals surface area contributed by atoms with Gasteiger partial charge in [-0.3, -0.25) is 4.79 Å². The molecule has 1 aliphatic heterocycles. The minimum absolute atomic E-state index is 0.210. The highest BCUT2D eigenvalue weighted by molar-refractivity contribution is 7.21. The molecule has 1 amide bonds. The van der Waals surface area contributed by atoms with Crippen LogP contribution in [0, 0.1) is 0 Å². The summed E-state index contributed by atoms with van der Waals surface area (Å²) in [5.74, 6) is 0.236. The number of amides is 1. The number of benzene rings is 1. The van der Waals surface area contributed by atoms with E-state index < -0.39 is 0 Å². The quantitative estimate of drug-likeness (QED) is 0.507. The van der Waals surface area contributed by atoms with Crippen LogP contribution in [0.5, 0.6) is 0 Å². The Labute approximate surface area is 190 Å². The predicted molar refractivity (Wildman–Crippen MR) is 128 cm³/mol. The zero-order chi connectivity index (χ0) is 22.8. The van der Waals surface area contributed by atoms with Crippen LogP contribution in [0.3, 0.4) is 0 Å². The van der Waals surface area contributed by atoms with Gasteiger partial charge in [-0.2, -0.15) is 0 Å². The first-order valence-electron chi connectivity index (χ1n) is 10.7. The molecule has 0 bridgehead atoms. The molecule has 0 atom stereocenters. The van der Waals surface area contributed by atoms with Gasteiger partial charge in [0.2, 0.25) is 0 Å². The molecule has 9 heteroatoms. The maximum atomic E-state index is 12.4. The Morgan fingerprint density at radius 1 is 1.25 bits per heavy atom. The van der Waals surface area contributed by atoms with Gasteiger partial charge in [0.1, 0.15) is 15.5 Å². The SMILES string of the molecule is CCOC(=O)c1ccc(-c2cc(N3CCC(N)CC3)nc3sc(C(=O)NC)c(N)c23)cc1. The normalized spacial score (nSPS) is 14.5. The maximum Gasteiger partial charge on any atom is 0.338 e. The molecule has 0 unspecified atom stereocenters. The Morgan fingerprint density at radius 3 is 2.56 bits per heavy atom. The summed E-state index contributed by atoms with van der Waals surface area (Å²) in [4.78, 5) is 32.6. The number of nitrogens with zero attached hydrogens (tertiary/aromatic N) is 2. The number of nitrogen functional groups attached to an aromatic ring is 1. The Bertz CT molecular complexity index is 1150. The van der Waals surface area contributed by atoms with E-state index in [2.05, 4.69) is 10.2 Å². The summed E-state index contributed by atoms with van der Waals surface area (Å²) in [5.41, 5.74) is 15.1. The first-order chi connectivity index (χ1) is 15.4. The summed E-state index contributed by atoms with van der Waals surface area (Å²) in [6, 6.07) is 9.43. The van der Waals surface area contributed by atoms with Gasteiger partial charge in [0.25, 0.3) is 5.91 Å². The third-order valence-electron chi connectivity index (χ3n) is 5.69. The standard InChI is InChI=1S/C23H27N5O3S/c1-3-31-23(30)14-6-4-13(5-7-14)16-12-17(28-10-8-15(24)9-11-28)27-22-18(16)19(25)20(32-22)21(29)26-2/h4-7,12,15H,3,8-11,24-25H2,1-2H3,(H,26,29). The number of pyridine rings is 1. The first-order valence-corrected chi connectivity index (χ1v) is 11.5. The molecule has 0 saturated carbocycles. The Morgan fingerprint density at radius 2 is 1.94 bits per heavy atom. The number of nitrogens with one attached hydrogen (secondary N) is 1. The molecule has 1 saturated heterocycles. The second-order valence-electron chi connectivity index (χ2n) is 7.75. The summed E-state index contributed by atoms with van der Waals surface area (Å²) in [6.07, 6.45) is 1.80. The fourth-order valence-corrected chi connectivity index (χ4v) is 4.97. The highest BCUT2D eigenvalue weighted by atomic mass is 32.1. The molecule has 168 valence electrons. The van der Waals surface area contributed by atoms with E-state index in [4.69, 9.17) is 21.2 Å². The van der Waals surface area contributed by atoms with E-state index in [0.717, 1.165) is 48.3 Å². The number of hydrogen-bond acceptors (Lipinski definition) is 8. The molecule has 2 aromatic heterocycles. The predicted octanol–water partition coefficient (Wildman–Crippen LogP) is 3.01. The lowest BCUT2D eigenvalue weighted by atomic mass is 10.00. The van der Waals surface area contributed by atoms with Crippen molar-refractivity contribution in [1.29, 1.82) is 0 Å². The van der Waals surface area contributed by atoms with Crippen LogP contribution in [0.4, 0.5) is 11.5 Å². The van der Waals surface area contributed by atoms with E-state index in [-0.39, 0.29) is 17.9 Å². The molecule has 3 aromatic rings. The number of carbonyl (C=O) groups excluding carboxylic acids is 2. The van der Waals surface area contributed by atoms with Crippen LogP contribution in [-0.2, 0) is 4.74 Å². The van der Waals surface area contributed by atoms with Gasteiger partial charge in [0.05, 0.1) is 17.9 Å². The number of anilines is 2. The number of thiophene rings is 1. The van der Waals surface area contributed by atoms with Crippen molar-refractivity contribution in [3.63, 3.8) is 0 Å². The lowest BCUT2D eigenvalue weighted by Gasteiger charge is -2.31. The number of fused-ring (bicyclic) bond motifs is 1. The lowest BCUT2D eigenvalue weighted by Crippen LogP contribution is -2.40. The number of carbonyl (C=O) groups is 2. The van der Waals surface area contributed by atoms with Crippen molar-refractivity contribution in [3.8, 4) is 11.1 Å². The van der Waals surface area contributed by atoms with Crippen molar-refractivity contribution in [1.82, 2.24) is 10.3 Å². The van der Waals surface area contributed by atoms with Gasteiger partial charge in [0, 0.05) is 31.6 Å². The number of esters is 1. The molecule has 0 aliphatic carbocycles. The van der Waals surface area contributed by atoms with Crippen molar-refractivity contribution < 1.29 is 14.3 Å². The van der Waals surface area contributed by atoms with Crippen LogP contribution in [0.2, 0.25) is 0 Å². The van der Waals surface area contributed by atoms with Crippen LogP contribution in [-0.4, -0.2) is 49.6 Å². The molecule has 32 heavy (non-hydrogen) atoms. The van der Waals surface area contributed by atoms with Crippen LogP contribution in [0.1, 0.15) is 39.8 Å². The monoisotopic (exact) mass is 453 g/mol. The molecular weight excluding hydrogens is 426 g/mol. The van der Waals surface area contributed by atoms with Crippen molar-refractivity contribution in [3.05, 3.63) is 40.8 Å². The summed E-state index contributed by atoms with van der Waals surface area (Å²) in [5, 5.41) is 3.39. The minimum atomic E-state index is -0.360. The molecule has 1 aromatic carbocycles. The largest absolute Gasteiger partial charge is 0.462 e. The highest BCUT2D eigenvalue weighted by Crippen LogP contribution is 2.41. The number of aromatic nitrogens is 1. The molecule has 1 aliphatic rings. The average Bonchev–Trinajstić information content (AvgIpc) is 3.15. The highest BCUT2D eigenvalue weighted by Gasteiger charge is 2.24. The van der Waals surface area contributed by atoms with Gasteiger partial charge >= 0.3 is 5.97 Å². The molecule has 8 nitrogen and oxygen atoms in total. The Balaban J connectivity index is 1.84. The number of piperidine rings is 1. The van der Waals surface area contributed by atoms with Gasteiger partial charge in [0.15, 0.2) is 0 Å². The van der Waals surface area contributed by atoms with Crippen LogP contribution >= 0.6 is 11.3 Å². The van der Waals surface area contributed by atoms with E-state index in [0.29, 0.717) is 27.6 Å². The van der Waals surface area contributed by atoms with Gasteiger partial charge < -0.3 is 26.4 Å². The van der Waals surface area contributed by atoms with Crippen LogP contribution < -0.4 is 21.7 Å². The number of nitrogens with two attached hydrogens (primary N) is 2. The molecule has 4 rings (SSSR count). The topological polar surface area (TPSA) is 124 Å². The molecule has 0 spiro atoms. The summed E-state index contributed by atoms with van der Waals surface area (Å²) < 4.78 is 5.08. The van der Waals surface area contributed by atoms with Crippen molar-refractivity contribution >= 4 is 44.9 Å². The fraction of sp³-hybridized carbons (Fsp3) is 0.348. The zero-order valence-electron chi connectivity index (χ0n) is 18.2. The van der Waals surface area contributed by atoms with Crippen molar-refractivity contribution in [2.24, 2.45) is 5.73 Å². The first kappa shape index (κ1) is 22.0. The fourth-order valence-electron chi connectivity index (χ4n) is 3.91. The third-order valence-corrected chi connectivity index (χ3v) is 6.79. The molecular formula is C23H27N5O3S. The lowest BCUT2D eigenvalue weighted by molar-refractivity contribution is 0.0526. The van der Waals surface area contributed by atoms with E-state index in [9.17, 15) is 9.59 Å². The second-order valence-corrected chi connectivity index (χ2v) is 8.75. The van der Waals surface area contributed by atoms with Crippen LogP contribution in [0.25, 0.3) is 21.3 Å². The smallest absolute Gasteiger partial charge is 0.338 e. The van der Waals surface area contributed by atoms with Crippen LogP contribution in [0.15, 0.2) is 30.3 Å². The second kappa shape index (κ2) is 9.13. The number of ether oxygens (including phenoxy) is 1. The van der Waals surface area contributed by atoms with E-state index in [1.54, 1.807) is 26.1 Å². The number of rotatable bonds is 5. The summed E-state index contributed by atoms with van der Waals surface area (Å²) >= 11 is 1.29. The summed E-state index contributed by atoms with van der Waals surface area (Å²) in [6.45, 7) is 3.74. The molecule has 1 fully saturated rings. The summed E-state index contributed by atoms with van der Waals surface area (Å²) in [7, 11) is 1.58. The van der Waals surface area contributed by atoms with Gasteiger partial charge in [-0.05, 0) is 49.1 Å². The van der Waals surface area contributed by atoms with E-state index in [1.807, 2.05) is 18.2 Å². The molecule has 5 N–H and O–H groups in total. The average molecular weight is 454 g/mol. The van der Waals surface area contributed by atoms with Gasteiger partial charge in [-0.25, -0.2) is 9.78 Å². The van der Waals surface area contributed by atoms with E-state index >= 15 is 0 Å². The zero-order valence-corrected chi connectivity index (χ0v) is 19.0. The number of hydrogen-bond donors (Lipinski definition) is 3. The van der Waals surface area contributed by atoms with Crippen molar-refractivity contribution in [2.45, 2.75) is 25.8 Å². The maximum absolute atomic E-state index is 12.4.